The Morgan fingerprint density at radius 3 is 1.62 bits per heavy atom. The highest BCUT2D eigenvalue weighted by Gasteiger charge is 2.18. The smallest absolute Gasteiger partial charge is 0.0555 e. The minimum absolute atomic E-state index is 1.16. The van der Waals surface area contributed by atoms with Crippen LogP contribution in [0.4, 0.5) is 0 Å². The topological polar surface area (TPSA) is 9.86 Å². The van der Waals surface area contributed by atoms with E-state index >= 15 is 0 Å². The summed E-state index contributed by atoms with van der Waals surface area (Å²) < 4.78 is 7.51. The van der Waals surface area contributed by atoms with Crippen LogP contribution in [0.5, 0.6) is 0 Å². The minimum Gasteiger partial charge on any atom is -0.309 e. The Morgan fingerprint density at radius 1 is 0.311 bits per heavy atom. The molecule has 45 heavy (non-hydrogen) atoms. The predicted octanol–water partition coefficient (Wildman–Crippen LogP) is 11.9. The molecule has 10 aromatic rings. The molecule has 2 nitrogen and oxygen atoms in total. The van der Waals surface area contributed by atoms with Gasteiger partial charge in [0.25, 0.3) is 0 Å². The van der Waals surface area contributed by atoms with Gasteiger partial charge in [0.15, 0.2) is 0 Å². The molecule has 0 amide bonds. The van der Waals surface area contributed by atoms with E-state index in [2.05, 4.69) is 167 Å². The van der Waals surface area contributed by atoms with E-state index in [0.29, 0.717) is 0 Å². The normalized spacial score (nSPS) is 12.0. The summed E-state index contributed by atoms with van der Waals surface area (Å²) in [6.45, 7) is 0. The fourth-order valence-electron chi connectivity index (χ4n) is 7.28. The average molecular weight is 591 g/mol. The summed E-state index contributed by atoms with van der Waals surface area (Å²) in [7, 11) is 0. The van der Waals surface area contributed by atoms with E-state index in [0.717, 1.165) is 5.69 Å². The summed E-state index contributed by atoms with van der Waals surface area (Å²) in [6.07, 6.45) is 0. The minimum atomic E-state index is 1.16. The van der Waals surface area contributed by atoms with E-state index in [4.69, 9.17) is 0 Å². The molecule has 0 aliphatic heterocycles. The number of thiophene rings is 1. The number of aromatic nitrogens is 2. The van der Waals surface area contributed by atoms with E-state index in [1.807, 2.05) is 11.3 Å². The molecule has 210 valence electrons. The third-order valence-electron chi connectivity index (χ3n) is 9.32. The molecular formula is C42H26N2S. The van der Waals surface area contributed by atoms with Crippen molar-refractivity contribution in [2.24, 2.45) is 0 Å². The Morgan fingerprint density at radius 2 is 0.867 bits per heavy atom. The Bertz CT molecular complexity index is 2740. The molecule has 10 rings (SSSR count). The first kappa shape index (κ1) is 24.8. The number of hydrogen-bond donors (Lipinski definition) is 0. The van der Waals surface area contributed by atoms with Crippen LogP contribution in [0.15, 0.2) is 158 Å². The van der Waals surface area contributed by atoms with Crippen LogP contribution in [-0.4, -0.2) is 9.13 Å². The second-order valence-electron chi connectivity index (χ2n) is 11.8. The zero-order chi connectivity index (χ0) is 29.5. The SMILES string of the molecule is c1ccc(-c2ccc(-n3c4ccccc4c4cc(-n5c6ccccc6c6cc7c(cc65)sc5ccccc57)ccc43)cc2)cc1. The van der Waals surface area contributed by atoms with Gasteiger partial charge in [-0.25, -0.2) is 0 Å². The van der Waals surface area contributed by atoms with Crippen LogP contribution in [0.2, 0.25) is 0 Å². The van der Waals surface area contributed by atoms with Gasteiger partial charge in [-0.15, -0.1) is 11.3 Å². The van der Waals surface area contributed by atoms with Crippen molar-refractivity contribution in [1.29, 1.82) is 0 Å². The lowest BCUT2D eigenvalue weighted by Crippen LogP contribution is -1.96. The molecule has 0 N–H and O–H groups in total. The van der Waals surface area contributed by atoms with Crippen molar-refractivity contribution in [3.05, 3.63) is 158 Å². The molecule has 0 aliphatic carbocycles. The maximum Gasteiger partial charge on any atom is 0.0555 e. The first-order valence-electron chi connectivity index (χ1n) is 15.4. The van der Waals surface area contributed by atoms with Gasteiger partial charge in [-0.3, -0.25) is 0 Å². The number of fused-ring (bicyclic) bond motifs is 9. The Balaban J connectivity index is 1.21. The molecule has 7 aromatic carbocycles. The van der Waals surface area contributed by atoms with Crippen molar-refractivity contribution < 1.29 is 0 Å². The van der Waals surface area contributed by atoms with Crippen molar-refractivity contribution >= 4 is 75.1 Å². The quantitative estimate of drug-likeness (QED) is 0.194. The van der Waals surface area contributed by atoms with E-state index in [9.17, 15) is 0 Å². The summed E-state index contributed by atoms with van der Waals surface area (Å²) in [5, 5.41) is 7.76. The standard InChI is InChI=1S/C42H26N2S/c1-2-10-27(11-3-1)28-18-20-29(21-19-28)43-37-15-7-4-12-31(37)34-24-30(22-23-39(34)43)44-38-16-8-5-13-32(38)35-25-36-33-14-6-9-17-41(33)45-42(36)26-40(35)44/h1-26H. The van der Waals surface area contributed by atoms with E-state index in [1.54, 1.807) is 0 Å². The summed E-state index contributed by atoms with van der Waals surface area (Å²) in [4.78, 5) is 0. The molecule has 0 spiro atoms. The van der Waals surface area contributed by atoms with Crippen molar-refractivity contribution in [3.63, 3.8) is 0 Å². The molecule has 3 heteroatoms. The molecule has 0 unspecified atom stereocenters. The molecule has 0 fully saturated rings. The zero-order valence-corrected chi connectivity index (χ0v) is 25.1. The van der Waals surface area contributed by atoms with Crippen molar-refractivity contribution in [2.75, 3.05) is 0 Å². The number of hydrogen-bond acceptors (Lipinski definition) is 1. The zero-order valence-electron chi connectivity index (χ0n) is 24.3. The fraction of sp³-hybridized carbons (Fsp3) is 0. The maximum atomic E-state index is 2.45. The molecule has 0 saturated heterocycles. The summed E-state index contributed by atoms with van der Waals surface area (Å²) in [5.74, 6) is 0. The van der Waals surface area contributed by atoms with Gasteiger partial charge in [0.05, 0.1) is 22.1 Å². The van der Waals surface area contributed by atoms with Gasteiger partial charge < -0.3 is 9.13 Å². The maximum absolute atomic E-state index is 2.45. The Labute approximate surface area is 263 Å². The van der Waals surface area contributed by atoms with E-state index in [-0.39, 0.29) is 0 Å². The van der Waals surface area contributed by atoms with Crippen molar-refractivity contribution in [1.82, 2.24) is 9.13 Å². The summed E-state index contributed by atoms with van der Waals surface area (Å²) >= 11 is 1.88. The molecule has 0 aliphatic rings. The van der Waals surface area contributed by atoms with Gasteiger partial charge in [0.1, 0.15) is 0 Å². The summed E-state index contributed by atoms with van der Waals surface area (Å²) in [6, 6.07) is 57.7. The highest BCUT2D eigenvalue weighted by Crippen LogP contribution is 2.41. The van der Waals surface area contributed by atoms with Gasteiger partial charge >= 0.3 is 0 Å². The average Bonchev–Trinajstić information content (AvgIpc) is 3.74. The molecule has 0 saturated carbocycles. The van der Waals surface area contributed by atoms with Crippen LogP contribution in [0.1, 0.15) is 0 Å². The largest absolute Gasteiger partial charge is 0.309 e. The van der Waals surface area contributed by atoms with Gasteiger partial charge in [0.2, 0.25) is 0 Å². The number of nitrogens with zero attached hydrogens (tertiary/aromatic N) is 2. The summed E-state index contributed by atoms with van der Waals surface area (Å²) in [5.41, 5.74) is 9.70. The molecule has 0 atom stereocenters. The lowest BCUT2D eigenvalue weighted by molar-refractivity contribution is 1.17. The second kappa shape index (κ2) is 9.43. The van der Waals surface area contributed by atoms with Crippen LogP contribution >= 0.6 is 11.3 Å². The number of rotatable bonds is 3. The number of para-hydroxylation sites is 2. The predicted molar refractivity (Wildman–Crippen MR) is 193 cm³/mol. The molecule has 0 bridgehead atoms. The first-order chi connectivity index (χ1) is 22.3. The van der Waals surface area contributed by atoms with Crippen molar-refractivity contribution in [3.8, 4) is 22.5 Å². The lowest BCUT2D eigenvalue weighted by atomic mass is 10.1. The molecule has 3 heterocycles. The van der Waals surface area contributed by atoms with Crippen LogP contribution in [-0.2, 0) is 0 Å². The van der Waals surface area contributed by atoms with Crippen molar-refractivity contribution in [2.45, 2.75) is 0 Å². The van der Waals surface area contributed by atoms with Crippen LogP contribution in [0.3, 0.4) is 0 Å². The number of benzene rings is 7. The first-order valence-corrected chi connectivity index (χ1v) is 16.2. The third-order valence-corrected chi connectivity index (χ3v) is 10.5. The van der Waals surface area contributed by atoms with Gasteiger partial charge in [-0.05, 0) is 71.8 Å². The van der Waals surface area contributed by atoms with Crippen LogP contribution in [0, 0.1) is 0 Å². The van der Waals surface area contributed by atoms with Crippen LogP contribution < -0.4 is 0 Å². The van der Waals surface area contributed by atoms with Gasteiger partial charge in [-0.1, -0.05) is 97.1 Å². The Kier molecular flexibility index (Phi) is 5.19. The lowest BCUT2D eigenvalue weighted by Gasteiger charge is -2.11. The Hall–Kier alpha value is -5.64. The van der Waals surface area contributed by atoms with E-state index in [1.165, 1.54) is 80.6 Å². The molecular weight excluding hydrogens is 565 g/mol. The highest BCUT2D eigenvalue weighted by atomic mass is 32.1. The monoisotopic (exact) mass is 590 g/mol. The van der Waals surface area contributed by atoms with Gasteiger partial charge in [-0.2, -0.15) is 0 Å². The van der Waals surface area contributed by atoms with Crippen LogP contribution in [0.25, 0.3) is 86.3 Å². The van der Waals surface area contributed by atoms with Gasteiger partial charge in [0, 0.05) is 53.1 Å². The fourth-order valence-corrected chi connectivity index (χ4v) is 8.40. The van der Waals surface area contributed by atoms with E-state index < -0.39 is 0 Å². The molecule has 0 radical (unpaired) electrons. The second-order valence-corrected chi connectivity index (χ2v) is 12.9. The third kappa shape index (κ3) is 3.62. The molecule has 3 aromatic heterocycles. The highest BCUT2D eigenvalue weighted by molar-refractivity contribution is 7.25.